The van der Waals surface area contributed by atoms with Crippen molar-refractivity contribution < 1.29 is 17.7 Å². The van der Waals surface area contributed by atoms with Crippen molar-refractivity contribution in [3.8, 4) is 22.4 Å². The van der Waals surface area contributed by atoms with Gasteiger partial charge >= 0.3 is 0 Å². The van der Waals surface area contributed by atoms with Gasteiger partial charge in [0.2, 0.25) is 10.0 Å². The maximum Gasteiger partial charge on any atom is 0.269 e. The first-order valence-electron chi connectivity index (χ1n) is 13.2. The van der Waals surface area contributed by atoms with E-state index in [1.165, 1.54) is 28.6 Å². The summed E-state index contributed by atoms with van der Waals surface area (Å²) in [6, 6.07) is 22.6. The van der Waals surface area contributed by atoms with Gasteiger partial charge in [-0.2, -0.15) is 4.31 Å². The van der Waals surface area contributed by atoms with Gasteiger partial charge in [0.1, 0.15) is 11.5 Å². The molecule has 3 heterocycles. The van der Waals surface area contributed by atoms with Crippen LogP contribution in [0.15, 0.2) is 96.0 Å². The number of halogens is 2. The highest BCUT2D eigenvalue weighted by Gasteiger charge is 2.29. The molecule has 0 radical (unpaired) electrons. The molecule has 1 aliphatic rings. The second kappa shape index (κ2) is 11.3. The molecule has 0 aliphatic carbocycles. The molecule has 3 aromatic carbocycles. The summed E-state index contributed by atoms with van der Waals surface area (Å²) in [6.45, 7) is 1.97. The van der Waals surface area contributed by atoms with Gasteiger partial charge in [0.05, 0.1) is 21.2 Å². The lowest BCUT2D eigenvalue weighted by atomic mass is 10.1. The van der Waals surface area contributed by atoms with Crippen molar-refractivity contribution in [2.24, 2.45) is 0 Å². The minimum atomic E-state index is -3.74. The van der Waals surface area contributed by atoms with E-state index < -0.39 is 20.8 Å². The van der Waals surface area contributed by atoms with E-state index in [4.69, 9.17) is 16.6 Å². The van der Waals surface area contributed by atoms with Crippen LogP contribution in [0.1, 0.15) is 5.69 Å². The van der Waals surface area contributed by atoms with Gasteiger partial charge in [0, 0.05) is 61.6 Å². The minimum Gasteiger partial charge on any atom is -0.301 e. The maximum absolute atomic E-state index is 13.4. The topological polar surface area (TPSA) is 101 Å². The number of nitro groups is 1. The molecule has 214 valence electrons. The van der Waals surface area contributed by atoms with E-state index in [1.54, 1.807) is 12.1 Å². The first-order chi connectivity index (χ1) is 20.2. The normalized spacial score (nSPS) is 14.8. The summed E-state index contributed by atoms with van der Waals surface area (Å²) in [5.74, 6) is -0.492. The van der Waals surface area contributed by atoms with E-state index >= 15 is 0 Å². The zero-order valence-corrected chi connectivity index (χ0v) is 23.8. The van der Waals surface area contributed by atoms with Crippen LogP contribution in [0.4, 0.5) is 10.1 Å². The van der Waals surface area contributed by atoms with Crippen LogP contribution < -0.4 is 0 Å². The number of benzene rings is 3. The molecule has 1 fully saturated rings. The zero-order chi connectivity index (χ0) is 29.4. The number of hydrogen-bond donors (Lipinski definition) is 0. The monoisotopic (exact) mass is 605 g/mol. The Morgan fingerprint density at radius 2 is 1.57 bits per heavy atom. The summed E-state index contributed by atoms with van der Waals surface area (Å²) in [5.41, 5.74) is 4.88. The average Bonchev–Trinajstić information content (AvgIpc) is 3.35. The molecule has 0 unspecified atom stereocenters. The number of non-ortho nitro benzene ring substituents is 1. The van der Waals surface area contributed by atoms with Crippen LogP contribution in [0.2, 0.25) is 5.02 Å². The number of nitrogens with zero attached hydrogens (tertiary/aromatic N) is 5. The third-order valence-electron chi connectivity index (χ3n) is 7.38. The summed E-state index contributed by atoms with van der Waals surface area (Å²) in [5, 5.41) is 11.8. The molecule has 6 rings (SSSR count). The third-order valence-corrected chi connectivity index (χ3v) is 9.53. The molecule has 1 saturated heterocycles. The Balaban J connectivity index is 1.32. The lowest BCUT2D eigenvalue weighted by Crippen LogP contribution is -2.48. The molecule has 0 bridgehead atoms. The minimum absolute atomic E-state index is 0.00853. The molecule has 2 aromatic heterocycles. The summed E-state index contributed by atoms with van der Waals surface area (Å²) in [7, 11) is -3.74. The number of piperazine rings is 1. The van der Waals surface area contributed by atoms with Gasteiger partial charge in [0.25, 0.3) is 5.69 Å². The Kier molecular flexibility index (Phi) is 7.50. The molecule has 1 aliphatic heterocycles. The first kappa shape index (κ1) is 28.0. The predicted molar refractivity (Wildman–Crippen MR) is 158 cm³/mol. The van der Waals surface area contributed by atoms with Crippen molar-refractivity contribution in [1.29, 1.82) is 0 Å². The molecule has 12 heteroatoms. The molecule has 0 N–H and O–H groups in total. The second-order valence-corrected chi connectivity index (χ2v) is 12.4. The first-order valence-corrected chi connectivity index (χ1v) is 15.0. The summed E-state index contributed by atoms with van der Waals surface area (Å²) >= 11 is 6.24. The Morgan fingerprint density at radius 1 is 0.881 bits per heavy atom. The van der Waals surface area contributed by atoms with Crippen LogP contribution in [0, 0.1) is 15.9 Å². The van der Waals surface area contributed by atoms with Crippen LogP contribution in [0.5, 0.6) is 0 Å². The Hall–Kier alpha value is -4.16. The number of fused-ring (bicyclic) bond motifs is 1. The van der Waals surface area contributed by atoms with E-state index in [9.17, 15) is 22.9 Å². The predicted octanol–water partition coefficient (Wildman–Crippen LogP) is 5.88. The largest absolute Gasteiger partial charge is 0.301 e. The highest BCUT2D eigenvalue weighted by atomic mass is 35.5. The number of pyridine rings is 1. The van der Waals surface area contributed by atoms with Gasteiger partial charge in [-0.1, -0.05) is 23.7 Å². The lowest BCUT2D eigenvalue weighted by Gasteiger charge is -2.34. The van der Waals surface area contributed by atoms with Gasteiger partial charge in [0.15, 0.2) is 0 Å². The molecule has 0 atom stereocenters. The number of rotatable bonds is 7. The maximum atomic E-state index is 13.4. The average molecular weight is 606 g/mol. The van der Waals surface area contributed by atoms with E-state index in [0.717, 1.165) is 34.5 Å². The number of hydrogen-bond acceptors (Lipinski definition) is 6. The van der Waals surface area contributed by atoms with E-state index in [0.29, 0.717) is 36.0 Å². The molecular formula is C30H25ClFN5O4S. The molecule has 42 heavy (non-hydrogen) atoms. The lowest BCUT2D eigenvalue weighted by molar-refractivity contribution is -0.384. The highest BCUT2D eigenvalue weighted by molar-refractivity contribution is 7.89. The third kappa shape index (κ3) is 5.51. The van der Waals surface area contributed by atoms with Crippen molar-refractivity contribution in [3.05, 3.63) is 118 Å². The second-order valence-electron chi connectivity index (χ2n) is 10.0. The van der Waals surface area contributed by atoms with Crippen LogP contribution in [-0.4, -0.2) is 58.1 Å². The van der Waals surface area contributed by atoms with Gasteiger partial charge in [-0.05, 0) is 71.8 Å². The number of imidazole rings is 1. The fraction of sp³-hybridized carbons (Fsp3) is 0.167. The summed E-state index contributed by atoms with van der Waals surface area (Å²) in [4.78, 5) is 17.9. The van der Waals surface area contributed by atoms with Crippen molar-refractivity contribution in [3.63, 3.8) is 0 Å². The molecule has 0 amide bonds. The van der Waals surface area contributed by atoms with Gasteiger partial charge in [-0.3, -0.25) is 15.0 Å². The fourth-order valence-electron chi connectivity index (χ4n) is 5.15. The smallest absolute Gasteiger partial charge is 0.269 e. The van der Waals surface area contributed by atoms with Gasteiger partial charge in [-0.15, -0.1) is 0 Å². The molecule has 0 saturated carbocycles. The molecular weight excluding hydrogens is 581 g/mol. The zero-order valence-electron chi connectivity index (χ0n) is 22.2. The van der Waals surface area contributed by atoms with E-state index in [2.05, 4.69) is 4.90 Å². The van der Waals surface area contributed by atoms with Crippen molar-refractivity contribution >= 4 is 33.0 Å². The summed E-state index contributed by atoms with van der Waals surface area (Å²) in [6.07, 6.45) is 1.99. The Bertz CT molecular complexity index is 1890. The van der Waals surface area contributed by atoms with Crippen molar-refractivity contribution in [1.82, 2.24) is 18.6 Å². The number of aromatic nitrogens is 2. The number of sulfonamides is 1. The van der Waals surface area contributed by atoms with E-state index in [1.807, 2.05) is 47.0 Å². The van der Waals surface area contributed by atoms with Gasteiger partial charge in [-0.25, -0.2) is 17.8 Å². The fourth-order valence-corrected chi connectivity index (χ4v) is 6.76. The van der Waals surface area contributed by atoms with E-state index in [-0.39, 0.29) is 23.7 Å². The van der Waals surface area contributed by atoms with Crippen LogP contribution >= 0.6 is 11.6 Å². The number of nitro benzene ring substituents is 1. The van der Waals surface area contributed by atoms with Gasteiger partial charge < -0.3 is 4.40 Å². The standard InChI is InChI=1S/C30H25ClFN5O4S/c31-24-3-1-2-22(18-24)23-6-13-29-33-30(21-4-9-26(10-5-21)37(38)39)28(36(29)19-23)20-34-14-16-35(17-15-34)42(40,41)27-11-7-25(32)8-12-27/h1-13,18-19H,14-17,20H2. The van der Waals surface area contributed by atoms with Crippen LogP contribution in [0.3, 0.4) is 0 Å². The molecule has 0 spiro atoms. The summed E-state index contributed by atoms with van der Waals surface area (Å²) < 4.78 is 43.0. The highest BCUT2D eigenvalue weighted by Crippen LogP contribution is 2.31. The van der Waals surface area contributed by atoms with Crippen LogP contribution in [-0.2, 0) is 16.6 Å². The Labute approximate surface area is 246 Å². The Morgan fingerprint density at radius 3 is 2.24 bits per heavy atom. The SMILES string of the molecule is O=[N+]([O-])c1ccc(-c2nc3ccc(-c4cccc(Cl)c4)cn3c2CN2CCN(S(=O)(=O)c3ccc(F)cc3)CC2)cc1. The van der Waals surface area contributed by atoms with Crippen LogP contribution in [0.25, 0.3) is 28.0 Å². The van der Waals surface area contributed by atoms with Crippen molar-refractivity contribution in [2.75, 3.05) is 26.2 Å². The quantitative estimate of drug-likeness (QED) is 0.170. The molecule has 9 nitrogen and oxygen atoms in total. The van der Waals surface area contributed by atoms with Crippen molar-refractivity contribution in [2.45, 2.75) is 11.4 Å². The molecule has 5 aromatic rings.